The maximum atomic E-state index is 13.4. The summed E-state index contributed by atoms with van der Waals surface area (Å²) in [5.74, 6) is -0.636. The lowest BCUT2D eigenvalue weighted by Crippen LogP contribution is -2.29. The van der Waals surface area contributed by atoms with Gasteiger partial charge in [0.15, 0.2) is 0 Å². The standard InChI is InChI=1S/C19H21FN4O2/c1-23(2)11-16(25)12-24-10-15(9-21-24)22-19(26)18-5-3-4-13-8-14(20)6-7-17(13)18/h3-10,16,25H,11-12H2,1-2H3,(H,22,26). The second-order valence-electron chi connectivity index (χ2n) is 6.49. The Bertz CT molecular complexity index is 923. The third-order valence-corrected chi connectivity index (χ3v) is 3.95. The summed E-state index contributed by atoms with van der Waals surface area (Å²) in [6, 6.07) is 9.51. The lowest BCUT2D eigenvalue weighted by atomic mass is 10.0. The normalized spacial score (nSPS) is 12.5. The number of hydrogen-bond acceptors (Lipinski definition) is 4. The first-order chi connectivity index (χ1) is 12.4. The predicted molar refractivity (Wildman–Crippen MR) is 98.6 cm³/mol. The number of fused-ring (bicyclic) bond motifs is 1. The van der Waals surface area contributed by atoms with E-state index >= 15 is 0 Å². The zero-order valence-electron chi connectivity index (χ0n) is 14.7. The third-order valence-electron chi connectivity index (χ3n) is 3.95. The van der Waals surface area contributed by atoms with E-state index < -0.39 is 6.10 Å². The molecular formula is C19H21FN4O2. The molecule has 2 aromatic carbocycles. The molecule has 3 rings (SSSR count). The van der Waals surface area contributed by atoms with E-state index in [9.17, 15) is 14.3 Å². The lowest BCUT2D eigenvalue weighted by Gasteiger charge is -2.15. The van der Waals surface area contributed by atoms with Gasteiger partial charge in [-0.15, -0.1) is 0 Å². The molecule has 1 atom stereocenters. The molecule has 0 fully saturated rings. The molecule has 2 N–H and O–H groups in total. The second kappa shape index (κ2) is 7.63. The van der Waals surface area contributed by atoms with Gasteiger partial charge in [0.2, 0.25) is 0 Å². The summed E-state index contributed by atoms with van der Waals surface area (Å²) < 4.78 is 15.0. The van der Waals surface area contributed by atoms with Gasteiger partial charge in [-0.3, -0.25) is 9.48 Å². The molecule has 1 heterocycles. The zero-order chi connectivity index (χ0) is 18.7. The molecule has 0 bridgehead atoms. The fourth-order valence-corrected chi connectivity index (χ4v) is 2.87. The molecule has 6 nitrogen and oxygen atoms in total. The molecule has 0 aliphatic carbocycles. The van der Waals surface area contributed by atoms with Crippen molar-refractivity contribution < 1.29 is 14.3 Å². The number of aromatic nitrogens is 2. The average molecular weight is 356 g/mol. The molecule has 0 saturated heterocycles. The number of nitrogens with zero attached hydrogens (tertiary/aromatic N) is 3. The van der Waals surface area contributed by atoms with Crippen molar-refractivity contribution in [2.45, 2.75) is 12.6 Å². The van der Waals surface area contributed by atoms with Gasteiger partial charge in [-0.1, -0.05) is 18.2 Å². The van der Waals surface area contributed by atoms with Gasteiger partial charge in [0.05, 0.1) is 24.5 Å². The maximum absolute atomic E-state index is 13.4. The quantitative estimate of drug-likeness (QED) is 0.711. The van der Waals surface area contributed by atoms with Crippen LogP contribution in [0.4, 0.5) is 10.1 Å². The van der Waals surface area contributed by atoms with E-state index in [1.54, 1.807) is 35.1 Å². The molecule has 0 saturated carbocycles. The number of hydrogen-bond donors (Lipinski definition) is 2. The zero-order valence-corrected chi connectivity index (χ0v) is 14.7. The summed E-state index contributed by atoms with van der Waals surface area (Å²) in [5, 5.41) is 18.3. The van der Waals surface area contributed by atoms with Gasteiger partial charge in [-0.25, -0.2) is 4.39 Å². The van der Waals surface area contributed by atoms with E-state index in [0.29, 0.717) is 35.1 Å². The van der Waals surface area contributed by atoms with Crippen LogP contribution >= 0.6 is 0 Å². The molecule has 3 aromatic rings. The van der Waals surface area contributed by atoms with Crippen LogP contribution in [0.2, 0.25) is 0 Å². The molecule has 0 aliphatic rings. The summed E-state index contributed by atoms with van der Waals surface area (Å²) >= 11 is 0. The van der Waals surface area contributed by atoms with E-state index in [2.05, 4.69) is 10.4 Å². The SMILES string of the molecule is CN(C)CC(O)Cn1cc(NC(=O)c2cccc3cc(F)ccc23)cn1. The van der Waals surface area contributed by atoms with Gasteiger partial charge in [0.1, 0.15) is 5.82 Å². The van der Waals surface area contributed by atoms with Crippen LogP contribution in [0.5, 0.6) is 0 Å². The second-order valence-corrected chi connectivity index (χ2v) is 6.49. The third kappa shape index (κ3) is 4.25. The summed E-state index contributed by atoms with van der Waals surface area (Å²) in [7, 11) is 3.77. The molecule has 1 unspecified atom stereocenters. The van der Waals surface area contributed by atoms with E-state index in [-0.39, 0.29) is 11.7 Å². The molecule has 0 aliphatic heterocycles. The van der Waals surface area contributed by atoms with Crippen LogP contribution in [0, 0.1) is 5.82 Å². The minimum absolute atomic E-state index is 0.296. The van der Waals surface area contributed by atoms with Crippen LogP contribution in [-0.4, -0.2) is 52.4 Å². The van der Waals surface area contributed by atoms with E-state index in [1.165, 1.54) is 18.3 Å². The fourth-order valence-electron chi connectivity index (χ4n) is 2.87. The van der Waals surface area contributed by atoms with Crippen molar-refractivity contribution >= 4 is 22.4 Å². The molecule has 0 radical (unpaired) electrons. The first kappa shape index (κ1) is 18.0. The number of carbonyl (C=O) groups excluding carboxylic acids is 1. The van der Waals surface area contributed by atoms with Crippen LogP contribution in [0.15, 0.2) is 48.8 Å². The van der Waals surface area contributed by atoms with Crippen LogP contribution < -0.4 is 5.32 Å². The highest BCUT2D eigenvalue weighted by Crippen LogP contribution is 2.21. The van der Waals surface area contributed by atoms with Gasteiger partial charge in [-0.05, 0) is 43.1 Å². The highest BCUT2D eigenvalue weighted by Gasteiger charge is 2.13. The molecule has 136 valence electrons. The molecule has 26 heavy (non-hydrogen) atoms. The van der Waals surface area contributed by atoms with E-state index in [0.717, 1.165) is 0 Å². The number of halogens is 1. The fraction of sp³-hybridized carbons (Fsp3) is 0.263. The van der Waals surface area contributed by atoms with Crippen LogP contribution in [0.25, 0.3) is 10.8 Å². The van der Waals surface area contributed by atoms with Crippen molar-refractivity contribution in [3.8, 4) is 0 Å². The van der Waals surface area contributed by atoms with Gasteiger partial charge in [0, 0.05) is 18.3 Å². The van der Waals surface area contributed by atoms with E-state index in [1.807, 2.05) is 19.0 Å². The minimum Gasteiger partial charge on any atom is -0.390 e. The number of anilines is 1. The Labute approximate surface area is 150 Å². The Kier molecular flexibility index (Phi) is 5.29. The van der Waals surface area contributed by atoms with Gasteiger partial charge in [0.25, 0.3) is 5.91 Å². The van der Waals surface area contributed by atoms with Crippen molar-refractivity contribution in [3.05, 3.63) is 60.2 Å². The van der Waals surface area contributed by atoms with Gasteiger partial charge >= 0.3 is 0 Å². The van der Waals surface area contributed by atoms with Crippen LogP contribution in [-0.2, 0) is 6.54 Å². The smallest absolute Gasteiger partial charge is 0.256 e. The molecule has 1 aromatic heterocycles. The highest BCUT2D eigenvalue weighted by molar-refractivity contribution is 6.12. The van der Waals surface area contributed by atoms with Gasteiger partial charge < -0.3 is 15.3 Å². The Morgan fingerprint density at radius 3 is 2.92 bits per heavy atom. The molecule has 1 amide bonds. The first-order valence-corrected chi connectivity index (χ1v) is 8.27. The topological polar surface area (TPSA) is 70.4 Å². The monoisotopic (exact) mass is 356 g/mol. The number of aliphatic hydroxyl groups is 1. The largest absolute Gasteiger partial charge is 0.390 e. The van der Waals surface area contributed by atoms with Crippen LogP contribution in [0.1, 0.15) is 10.4 Å². The first-order valence-electron chi connectivity index (χ1n) is 8.27. The van der Waals surface area contributed by atoms with Crippen LogP contribution in [0.3, 0.4) is 0 Å². The predicted octanol–water partition coefficient (Wildman–Crippen LogP) is 2.35. The number of likely N-dealkylation sites (N-methyl/N-ethyl adjacent to an activating group) is 1. The number of rotatable bonds is 6. The Morgan fingerprint density at radius 1 is 1.35 bits per heavy atom. The van der Waals surface area contributed by atoms with Crippen molar-refractivity contribution in [2.24, 2.45) is 0 Å². The van der Waals surface area contributed by atoms with Gasteiger partial charge in [-0.2, -0.15) is 5.10 Å². The minimum atomic E-state index is -0.554. The summed E-state index contributed by atoms with van der Waals surface area (Å²) in [6.45, 7) is 0.857. The molecule has 0 spiro atoms. The Balaban J connectivity index is 1.73. The highest BCUT2D eigenvalue weighted by atomic mass is 19.1. The Hall–Kier alpha value is -2.77. The number of nitrogens with one attached hydrogen (secondary N) is 1. The summed E-state index contributed by atoms with van der Waals surface area (Å²) in [5.41, 5.74) is 0.995. The number of benzene rings is 2. The van der Waals surface area contributed by atoms with Crippen molar-refractivity contribution in [1.82, 2.24) is 14.7 Å². The maximum Gasteiger partial charge on any atom is 0.256 e. The van der Waals surface area contributed by atoms with Crippen molar-refractivity contribution in [1.29, 1.82) is 0 Å². The van der Waals surface area contributed by atoms with E-state index in [4.69, 9.17) is 0 Å². The molecular weight excluding hydrogens is 335 g/mol. The average Bonchev–Trinajstić information content (AvgIpc) is 2.99. The number of carbonyl (C=O) groups is 1. The van der Waals surface area contributed by atoms with Crippen molar-refractivity contribution in [2.75, 3.05) is 26.0 Å². The summed E-state index contributed by atoms with van der Waals surface area (Å²) in [4.78, 5) is 14.5. The molecule has 7 heteroatoms. The van der Waals surface area contributed by atoms with Crippen molar-refractivity contribution in [3.63, 3.8) is 0 Å². The summed E-state index contributed by atoms with van der Waals surface area (Å²) in [6.07, 6.45) is 2.65. The lowest BCUT2D eigenvalue weighted by molar-refractivity contribution is 0.102. The number of aliphatic hydroxyl groups excluding tert-OH is 1. The Morgan fingerprint density at radius 2 is 2.15 bits per heavy atom. The number of amides is 1.